The summed E-state index contributed by atoms with van der Waals surface area (Å²) < 4.78 is 26.9. The molecular weight excluding hydrogens is 456 g/mol. The zero-order chi connectivity index (χ0) is 24.7. The maximum Gasteiger partial charge on any atom is 0.239 e. The number of ether oxygens (including phenoxy) is 4. The number of phenolic OH excluding ortho intramolecular Hbond substituents is 3. The highest BCUT2D eigenvalue weighted by atomic mass is 16.7. The molecule has 0 aliphatic carbocycles. The molecule has 1 fully saturated rings. The first-order valence-electron chi connectivity index (χ1n) is 9.96. The van der Waals surface area contributed by atoms with Crippen molar-refractivity contribution in [1.82, 2.24) is 0 Å². The molecule has 0 radical (unpaired) electrons. The zero-order valence-corrected chi connectivity index (χ0v) is 18.0. The minimum Gasteiger partial charge on any atom is -0.508 e. The number of aliphatic hydroxyl groups is 3. The van der Waals surface area contributed by atoms with Crippen LogP contribution in [0.2, 0.25) is 0 Å². The second kappa shape index (κ2) is 8.91. The molecule has 6 N–H and O–H groups in total. The van der Waals surface area contributed by atoms with Crippen molar-refractivity contribution in [2.24, 2.45) is 0 Å². The van der Waals surface area contributed by atoms with Crippen molar-refractivity contribution in [3.05, 3.63) is 34.5 Å². The molecule has 1 aliphatic rings. The van der Waals surface area contributed by atoms with Gasteiger partial charge in [0.1, 0.15) is 40.8 Å². The number of rotatable bonds is 5. The second-order valence-corrected chi connectivity index (χ2v) is 7.52. The van der Waals surface area contributed by atoms with E-state index >= 15 is 0 Å². The number of aliphatic hydroxyl groups excluding tert-OH is 3. The third-order valence-electron chi connectivity index (χ3n) is 5.35. The van der Waals surface area contributed by atoms with Crippen LogP contribution in [0.15, 0.2) is 33.5 Å². The second-order valence-electron chi connectivity index (χ2n) is 7.52. The van der Waals surface area contributed by atoms with E-state index in [1.807, 2.05) is 0 Å². The molecular formula is C22H22O12. The lowest BCUT2D eigenvalue weighted by molar-refractivity contribution is -0.242. The summed E-state index contributed by atoms with van der Waals surface area (Å²) in [7, 11) is 2.59. The number of fused-ring (bicyclic) bond motifs is 1. The molecule has 0 saturated carbocycles. The van der Waals surface area contributed by atoms with Crippen LogP contribution in [-0.2, 0) is 4.74 Å². The van der Waals surface area contributed by atoms with Crippen molar-refractivity contribution in [2.75, 3.05) is 20.8 Å². The number of hydrogen-bond donors (Lipinski definition) is 6. The molecule has 2 aromatic carbocycles. The Hall–Kier alpha value is -3.71. The summed E-state index contributed by atoms with van der Waals surface area (Å²) in [5.41, 5.74) is -0.971. The predicted molar refractivity (Wildman–Crippen MR) is 114 cm³/mol. The van der Waals surface area contributed by atoms with Gasteiger partial charge >= 0.3 is 0 Å². The smallest absolute Gasteiger partial charge is 0.239 e. The summed E-state index contributed by atoms with van der Waals surface area (Å²) in [5, 5.41) is 59.9. The predicted octanol–water partition coefficient (Wildman–Crippen LogP) is 0.412. The maximum absolute atomic E-state index is 13.4. The molecule has 3 aromatic rings. The lowest BCUT2D eigenvalue weighted by Gasteiger charge is -2.34. The molecule has 0 amide bonds. The maximum atomic E-state index is 13.4. The summed E-state index contributed by atoms with van der Waals surface area (Å²) in [6, 6.07) is 4.66. The van der Waals surface area contributed by atoms with Crippen LogP contribution in [0, 0.1) is 0 Å². The van der Waals surface area contributed by atoms with E-state index in [1.165, 1.54) is 26.4 Å². The highest BCUT2D eigenvalue weighted by molar-refractivity contribution is 5.88. The Balaban J connectivity index is 1.96. The molecule has 2 heterocycles. The fourth-order valence-corrected chi connectivity index (χ4v) is 3.59. The normalized spacial score (nSPS) is 22.5. The molecule has 1 aliphatic heterocycles. The molecule has 12 heteroatoms. The first-order valence-corrected chi connectivity index (χ1v) is 9.96. The van der Waals surface area contributed by atoms with Gasteiger partial charge in [-0.05, 0) is 12.1 Å². The van der Waals surface area contributed by atoms with Gasteiger partial charge in [-0.25, -0.2) is 0 Å². The van der Waals surface area contributed by atoms with E-state index in [4.69, 9.17) is 23.4 Å². The van der Waals surface area contributed by atoms with Gasteiger partial charge in [0.2, 0.25) is 23.2 Å². The quantitative estimate of drug-likeness (QED) is 0.297. The Labute approximate surface area is 191 Å². The van der Waals surface area contributed by atoms with Gasteiger partial charge in [-0.3, -0.25) is 4.79 Å². The van der Waals surface area contributed by atoms with Crippen LogP contribution in [-0.4, -0.2) is 76.1 Å². The van der Waals surface area contributed by atoms with Crippen LogP contribution in [0.25, 0.3) is 22.3 Å². The average molecular weight is 478 g/mol. The van der Waals surface area contributed by atoms with Gasteiger partial charge in [0.05, 0.1) is 20.8 Å². The minimum absolute atomic E-state index is 0.0331. The van der Waals surface area contributed by atoms with Crippen LogP contribution >= 0.6 is 0 Å². The summed E-state index contributed by atoms with van der Waals surface area (Å²) in [4.78, 5) is 13.4. The molecule has 12 nitrogen and oxygen atoms in total. The van der Waals surface area contributed by atoms with Crippen LogP contribution in [0.3, 0.4) is 0 Å². The summed E-state index contributed by atoms with van der Waals surface area (Å²) in [5.74, 6) is -2.15. The monoisotopic (exact) mass is 478 g/mol. The van der Waals surface area contributed by atoms with Crippen molar-refractivity contribution >= 4 is 11.0 Å². The van der Waals surface area contributed by atoms with Gasteiger partial charge in [-0.2, -0.15) is 0 Å². The van der Waals surface area contributed by atoms with Gasteiger partial charge in [-0.1, -0.05) is 0 Å². The standard InChI is InChI=1S/C22H22O12/c1-30-13-3-8(4-14(31-2)17(13)27)20-21(34-22-19(29)16(26)11(25)7-32-22)18(28)15-10(24)5-9(23)6-12(15)33-20/h3-6,11,16,19,22-27,29H,7H2,1-2H3/t11-,16+,19+,22+/m1/s1. The van der Waals surface area contributed by atoms with Crippen LogP contribution in [0.4, 0.5) is 0 Å². The van der Waals surface area contributed by atoms with E-state index < -0.39 is 48.1 Å². The number of hydrogen-bond acceptors (Lipinski definition) is 12. The molecule has 0 spiro atoms. The summed E-state index contributed by atoms with van der Waals surface area (Å²) in [6.07, 6.45) is -6.31. The highest BCUT2D eigenvalue weighted by Gasteiger charge is 2.40. The van der Waals surface area contributed by atoms with E-state index in [1.54, 1.807) is 0 Å². The first kappa shape index (κ1) is 23.4. The van der Waals surface area contributed by atoms with Gasteiger partial charge in [-0.15, -0.1) is 0 Å². The Morgan fingerprint density at radius 1 is 0.941 bits per heavy atom. The van der Waals surface area contributed by atoms with Crippen molar-refractivity contribution in [3.63, 3.8) is 0 Å². The molecule has 1 saturated heterocycles. The number of methoxy groups -OCH3 is 2. The van der Waals surface area contributed by atoms with E-state index in [-0.39, 0.29) is 45.3 Å². The van der Waals surface area contributed by atoms with E-state index in [9.17, 15) is 35.4 Å². The SMILES string of the molecule is COc1cc(-c2oc3cc(O)cc(O)c3c(=O)c2O[C@@H]2OC[C@@H](O)[C@H](O)[C@@H]2O)cc(OC)c1O. The Morgan fingerprint density at radius 2 is 1.59 bits per heavy atom. The van der Waals surface area contributed by atoms with E-state index in [2.05, 4.69) is 0 Å². The Kier molecular flexibility index (Phi) is 6.15. The van der Waals surface area contributed by atoms with Crippen molar-refractivity contribution < 1.29 is 54.0 Å². The number of benzene rings is 2. The van der Waals surface area contributed by atoms with Crippen molar-refractivity contribution in [1.29, 1.82) is 0 Å². The Morgan fingerprint density at radius 3 is 2.21 bits per heavy atom. The van der Waals surface area contributed by atoms with E-state index in [0.717, 1.165) is 12.1 Å². The number of phenols is 3. The van der Waals surface area contributed by atoms with E-state index in [0.29, 0.717) is 0 Å². The summed E-state index contributed by atoms with van der Waals surface area (Å²) in [6.45, 7) is -0.392. The molecule has 0 bridgehead atoms. The topological polar surface area (TPSA) is 189 Å². The van der Waals surface area contributed by atoms with Gasteiger partial charge in [0, 0.05) is 17.7 Å². The van der Waals surface area contributed by atoms with Crippen molar-refractivity contribution in [3.8, 4) is 45.8 Å². The van der Waals surface area contributed by atoms with Crippen LogP contribution in [0.5, 0.6) is 34.5 Å². The fraction of sp³-hybridized carbons (Fsp3) is 0.318. The molecule has 0 unspecified atom stereocenters. The molecule has 4 rings (SSSR count). The van der Waals surface area contributed by atoms with Gasteiger partial charge in [0.15, 0.2) is 17.3 Å². The van der Waals surface area contributed by atoms with Gasteiger partial charge in [0.25, 0.3) is 0 Å². The van der Waals surface area contributed by atoms with Crippen LogP contribution < -0.4 is 19.6 Å². The summed E-state index contributed by atoms with van der Waals surface area (Å²) >= 11 is 0. The minimum atomic E-state index is -1.73. The third kappa shape index (κ3) is 3.92. The largest absolute Gasteiger partial charge is 0.508 e. The van der Waals surface area contributed by atoms with Gasteiger partial charge < -0.3 is 54.0 Å². The lowest BCUT2D eigenvalue weighted by atomic mass is 10.1. The molecule has 1 aromatic heterocycles. The van der Waals surface area contributed by atoms with Crippen LogP contribution in [0.1, 0.15) is 0 Å². The molecule has 182 valence electrons. The number of aromatic hydroxyl groups is 3. The Bertz CT molecular complexity index is 1260. The zero-order valence-electron chi connectivity index (χ0n) is 18.0. The average Bonchev–Trinajstić information content (AvgIpc) is 2.80. The van der Waals surface area contributed by atoms with Crippen molar-refractivity contribution in [2.45, 2.75) is 24.6 Å². The fourth-order valence-electron chi connectivity index (χ4n) is 3.59. The molecule has 4 atom stereocenters. The highest BCUT2D eigenvalue weighted by Crippen LogP contribution is 2.43. The first-order chi connectivity index (χ1) is 16.2. The lowest BCUT2D eigenvalue weighted by Crippen LogP contribution is -2.55. The molecule has 34 heavy (non-hydrogen) atoms. The third-order valence-corrected chi connectivity index (χ3v) is 5.35.